The van der Waals surface area contributed by atoms with Gasteiger partial charge in [-0.05, 0) is 55.7 Å². The van der Waals surface area contributed by atoms with Crippen LogP contribution in [0.3, 0.4) is 0 Å². The van der Waals surface area contributed by atoms with Gasteiger partial charge < -0.3 is 10.3 Å². The zero-order valence-electron chi connectivity index (χ0n) is 16.9. The Balaban J connectivity index is 1.48. The Bertz CT molecular complexity index is 1400. The summed E-state index contributed by atoms with van der Waals surface area (Å²) in [6.07, 6.45) is 0.139. The number of nitriles is 1. The van der Waals surface area contributed by atoms with Crippen LogP contribution in [0.4, 0.5) is 14.6 Å². The van der Waals surface area contributed by atoms with Crippen molar-refractivity contribution in [1.29, 1.82) is 5.26 Å². The van der Waals surface area contributed by atoms with Crippen LogP contribution in [0.1, 0.15) is 41.8 Å². The van der Waals surface area contributed by atoms with Gasteiger partial charge in [0.1, 0.15) is 11.9 Å². The Hall–Kier alpha value is -4.13. The molecule has 3 heterocycles. The van der Waals surface area contributed by atoms with Crippen LogP contribution in [0.2, 0.25) is 0 Å². The number of carbonyl (C=O) groups excluding carboxylic acids is 1. The summed E-state index contributed by atoms with van der Waals surface area (Å²) < 4.78 is 28.4. The largest absolute Gasteiger partial charge is 0.345 e. The molecule has 0 atom stereocenters. The predicted octanol–water partition coefficient (Wildman–Crippen LogP) is 3.93. The first kappa shape index (κ1) is 19.8. The van der Waals surface area contributed by atoms with Crippen LogP contribution in [0.25, 0.3) is 16.9 Å². The van der Waals surface area contributed by atoms with E-state index in [0.717, 1.165) is 16.6 Å². The standard InChI is InChI=1S/C22H17F2N7O/c1-12-8-14(10-25)30-31(12)20-15(19(23)24)3-5-18(28-20)29-21(32)22(6-7-22)13-2-4-16-17(9-13)27-11-26-16/h2-5,8-9,11,19H,6-7H2,1H3,(H,26,27)(H,28,29,32). The van der Waals surface area contributed by atoms with Crippen LogP contribution in [0.15, 0.2) is 42.7 Å². The van der Waals surface area contributed by atoms with Crippen molar-refractivity contribution in [3.8, 4) is 11.9 Å². The van der Waals surface area contributed by atoms with Gasteiger partial charge in [-0.25, -0.2) is 23.4 Å². The van der Waals surface area contributed by atoms with E-state index in [9.17, 15) is 13.6 Å². The molecule has 8 nitrogen and oxygen atoms in total. The highest BCUT2D eigenvalue weighted by Gasteiger charge is 2.51. The van der Waals surface area contributed by atoms with Crippen molar-refractivity contribution in [3.05, 3.63) is 65.2 Å². The molecule has 0 radical (unpaired) electrons. The summed E-state index contributed by atoms with van der Waals surface area (Å²) >= 11 is 0. The number of halogens is 2. The monoisotopic (exact) mass is 433 g/mol. The fourth-order valence-corrected chi connectivity index (χ4v) is 3.85. The quantitative estimate of drug-likeness (QED) is 0.495. The van der Waals surface area contributed by atoms with Gasteiger partial charge in [0.15, 0.2) is 11.5 Å². The second kappa shape index (κ2) is 7.23. The van der Waals surface area contributed by atoms with Crippen molar-refractivity contribution in [3.63, 3.8) is 0 Å². The Morgan fingerprint density at radius 3 is 2.78 bits per heavy atom. The van der Waals surface area contributed by atoms with E-state index < -0.39 is 11.8 Å². The Morgan fingerprint density at radius 2 is 2.09 bits per heavy atom. The molecule has 2 N–H and O–H groups in total. The molecule has 160 valence electrons. The van der Waals surface area contributed by atoms with E-state index in [2.05, 4.69) is 25.4 Å². The van der Waals surface area contributed by atoms with Gasteiger partial charge in [0, 0.05) is 5.69 Å². The normalized spacial score (nSPS) is 14.5. The number of pyridine rings is 1. The second-order valence-corrected chi connectivity index (χ2v) is 7.78. The molecule has 0 spiro atoms. The summed E-state index contributed by atoms with van der Waals surface area (Å²) in [7, 11) is 0. The Morgan fingerprint density at radius 1 is 1.28 bits per heavy atom. The van der Waals surface area contributed by atoms with Crippen molar-refractivity contribution >= 4 is 22.8 Å². The molecule has 1 aliphatic rings. The number of aromatic nitrogens is 5. The maximum Gasteiger partial charge on any atom is 0.267 e. The first-order chi connectivity index (χ1) is 15.4. The molecule has 0 unspecified atom stereocenters. The van der Waals surface area contributed by atoms with Gasteiger partial charge in [0.05, 0.1) is 28.3 Å². The average molecular weight is 433 g/mol. The summed E-state index contributed by atoms with van der Waals surface area (Å²) in [5, 5.41) is 15.9. The molecule has 1 amide bonds. The molecule has 1 fully saturated rings. The third-order valence-electron chi connectivity index (χ3n) is 5.74. The number of hydrogen-bond acceptors (Lipinski definition) is 5. The topological polar surface area (TPSA) is 112 Å². The van der Waals surface area contributed by atoms with E-state index in [4.69, 9.17) is 5.26 Å². The summed E-state index contributed by atoms with van der Waals surface area (Å²) in [6.45, 7) is 1.64. The number of imidazole rings is 1. The molecule has 0 aliphatic heterocycles. The maximum atomic E-state index is 13.6. The molecular formula is C22H17F2N7O. The predicted molar refractivity (Wildman–Crippen MR) is 111 cm³/mol. The zero-order valence-corrected chi connectivity index (χ0v) is 16.9. The second-order valence-electron chi connectivity index (χ2n) is 7.78. The first-order valence-electron chi connectivity index (χ1n) is 9.92. The summed E-state index contributed by atoms with van der Waals surface area (Å²) in [4.78, 5) is 24.7. The van der Waals surface area contributed by atoms with Gasteiger partial charge >= 0.3 is 0 Å². The minimum atomic E-state index is -2.80. The highest BCUT2D eigenvalue weighted by Crippen LogP contribution is 2.49. The number of anilines is 1. The molecule has 1 aliphatic carbocycles. The van der Waals surface area contributed by atoms with Crippen LogP contribution >= 0.6 is 0 Å². The number of nitrogens with one attached hydrogen (secondary N) is 2. The lowest BCUT2D eigenvalue weighted by molar-refractivity contribution is -0.118. The number of amides is 1. The molecule has 0 saturated heterocycles. The third kappa shape index (κ3) is 3.19. The molecule has 1 aromatic carbocycles. The molecule has 3 aromatic heterocycles. The number of fused-ring (bicyclic) bond motifs is 1. The number of alkyl halides is 2. The highest BCUT2D eigenvalue weighted by atomic mass is 19.3. The van der Waals surface area contributed by atoms with Crippen LogP contribution in [-0.2, 0) is 10.2 Å². The molecule has 32 heavy (non-hydrogen) atoms. The number of nitrogens with zero attached hydrogens (tertiary/aromatic N) is 5. The lowest BCUT2D eigenvalue weighted by Gasteiger charge is -2.17. The number of aromatic amines is 1. The number of benzene rings is 1. The molecule has 1 saturated carbocycles. The van der Waals surface area contributed by atoms with Crippen LogP contribution in [-0.4, -0.2) is 30.6 Å². The van der Waals surface area contributed by atoms with Crippen molar-refractivity contribution in [1.82, 2.24) is 24.7 Å². The number of aryl methyl sites for hydroxylation is 1. The molecule has 10 heteroatoms. The van der Waals surface area contributed by atoms with E-state index in [1.54, 1.807) is 13.3 Å². The molecule has 0 bridgehead atoms. The summed E-state index contributed by atoms with van der Waals surface area (Å²) in [6, 6.07) is 11.6. The number of carbonyl (C=O) groups is 1. The van der Waals surface area contributed by atoms with Gasteiger partial charge in [-0.1, -0.05) is 6.07 Å². The van der Waals surface area contributed by atoms with Crippen LogP contribution in [0.5, 0.6) is 0 Å². The van der Waals surface area contributed by atoms with Gasteiger partial charge in [0.25, 0.3) is 6.43 Å². The smallest absolute Gasteiger partial charge is 0.267 e. The van der Waals surface area contributed by atoms with E-state index in [1.165, 1.54) is 22.9 Å². The summed E-state index contributed by atoms with van der Waals surface area (Å²) in [5.74, 6) is -0.244. The van der Waals surface area contributed by atoms with E-state index in [-0.39, 0.29) is 28.8 Å². The van der Waals surface area contributed by atoms with Gasteiger partial charge in [-0.15, -0.1) is 0 Å². The SMILES string of the molecule is Cc1cc(C#N)nn1-c1nc(NC(=O)C2(c3ccc4nc[nH]c4c3)CC2)ccc1C(F)F. The van der Waals surface area contributed by atoms with Gasteiger partial charge in [0.2, 0.25) is 5.91 Å². The van der Waals surface area contributed by atoms with Crippen molar-refractivity contribution in [2.75, 3.05) is 5.32 Å². The fourth-order valence-electron chi connectivity index (χ4n) is 3.85. The maximum absolute atomic E-state index is 13.6. The average Bonchev–Trinajstić information content (AvgIpc) is 3.31. The third-order valence-corrected chi connectivity index (χ3v) is 5.74. The first-order valence-corrected chi connectivity index (χ1v) is 9.92. The fraction of sp³-hybridized carbons (Fsp3) is 0.227. The summed E-state index contributed by atoms with van der Waals surface area (Å²) in [5.41, 5.74) is 2.03. The molecule has 4 aromatic rings. The van der Waals surface area contributed by atoms with Crippen LogP contribution in [0, 0.1) is 18.3 Å². The molecule has 5 rings (SSSR count). The van der Waals surface area contributed by atoms with E-state index in [1.807, 2.05) is 24.3 Å². The van der Waals surface area contributed by atoms with Crippen molar-refractivity contribution in [2.24, 2.45) is 0 Å². The van der Waals surface area contributed by atoms with E-state index >= 15 is 0 Å². The lowest BCUT2D eigenvalue weighted by Crippen LogP contribution is -2.28. The van der Waals surface area contributed by atoms with Crippen LogP contribution < -0.4 is 5.32 Å². The number of H-pyrrole nitrogens is 1. The lowest BCUT2D eigenvalue weighted by atomic mass is 9.94. The highest BCUT2D eigenvalue weighted by molar-refractivity contribution is 6.01. The van der Waals surface area contributed by atoms with Gasteiger partial charge in [-0.3, -0.25) is 4.79 Å². The number of rotatable bonds is 5. The Labute approximate surface area is 180 Å². The minimum Gasteiger partial charge on any atom is -0.345 e. The van der Waals surface area contributed by atoms with Crippen molar-refractivity contribution in [2.45, 2.75) is 31.6 Å². The Kier molecular flexibility index (Phi) is 4.48. The van der Waals surface area contributed by atoms with Crippen molar-refractivity contribution < 1.29 is 13.6 Å². The zero-order chi connectivity index (χ0) is 22.5. The minimum absolute atomic E-state index is 0.0880. The molecular weight excluding hydrogens is 416 g/mol. The van der Waals surface area contributed by atoms with Gasteiger partial charge in [-0.2, -0.15) is 10.4 Å². The number of hydrogen-bond donors (Lipinski definition) is 2. The van der Waals surface area contributed by atoms with E-state index in [0.29, 0.717) is 18.5 Å².